The summed E-state index contributed by atoms with van der Waals surface area (Å²) in [7, 11) is 0. The highest BCUT2D eigenvalue weighted by molar-refractivity contribution is 7.15. The number of thiazole rings is 1. The molecule has 1 atom stereocenters. The maximum absolute atomic E-state index is 4.97. The summed E-state index contributed by atoms with van der Waals surface area (Å²) in [4.78, 5) is 8.93. The van der Waals surface area contributed by atoms with Crippen LogP contribution in [0.4, 0.5) is 5.13 Å². The molecule has 0 radical (unpaired) electrons. The Hall–Kier alpha value is -0.610. The average Bonchev–Trinajstić information content (AvgIpc) is 2.97. The van der Waals surface area contributed by atoms with Crippen molar-refractivity contribution in [2.75, 3.05) is 18.0 Å². The molecular weight excluding hydrogens is 254 g/mol. The van der Waals surface area contributed by atoms with E-state index in [1.54, 1.807) is 0 Å². The van der Waals surface area contributed by atoms with Gasteiger partial charge in [0.25, 0.3) is 0 Å². The van der Waals surface area contributed by atoms with Gasteiger partial charge in [-0.3, -0.25) is 0 Å². The van der Waals surface area contributed by atoms with Gasteiger partial charge >= 0.3 is 0 Å². The van der Waals surface area contributed by atoms with Crippen LogP contribution >= 0.6 is 11.3 Å². The molecule has 1 aromatic rings. The lowest BCUT2D eigenvalue weighted by Gasteiger charge is -2.13. The molecule has 3 nitrogen and oxygen atoms in total. The lowest BCUT2D eigenvalue weighted by atomic mass is 10.2. The van der Waals surface area contributed by atoms with E-state index in [0.717, 1.165) is 18.4 Å². The molecule has 1 saturated heterocycles. The van der Waals surface area contributed by atoms with Crippen molar-refractivity contribution in [2.45, 2.75) is 58.5 Å². The molecule has 0 spiro atoms. The highest BCUT2D eigenvalue weighted by atomic mass is 32.1. The quantitative estimate of drug-likeness (QED) is 0.896. The summed E-state index contributed by atoms with van der Waals surface area (Å²) in [6.45, 7) is 10.1. The number of rotatable bonds is 5. The van der Waals surface area contributed by atoms with Crippen LogP contribution in [-0.2, 0) is 6.54 Å². The minimum absolute atomic E-state index is 0.546. The normalized spacial score (nSPS) is 23.6. The second kappa shape index (κ2) is 5.41. The van der Waals surface area contributed by atoms with Crippen LogP contribution in [0.2, 0.25) is 0 Å². The van der Waals surface area contributed by atoms with E-state index in [4.69, 9.17) is 4.98 Å². The van der Waals surface area contributed by atoms with Crippen molar-refractivity contribution >= 4 is 16.5 Å². The summed E-state index contributed by atoms with van der Waals surface area (Å²) in [5, 5.41) is 4.82. The summed E-state index contributed by atoms with van der Waals surface area (Å²) < 4.78 is 0. The fourth-order valence-corrected chi connectivity index (χ4v) is 3.83. The molecule has 1 aliphatic heterocycles. The van der Waals surface area contributed by atoms with Crippen molar-refractivity contribution in [3.05, 3.63) is 10.6 Å². The largest absolute Gasteiger partial charge is 0.348 e. The van der Waals surface area contributed by atoms with Crippen LogP contribution in [0.5, 0.6) is 0 Å². The van der Waals surface area contributed by atoms with Crippen molar-refractivity contribution in [3.8, 4) is 0 Å². The van der Waals surface area contributed by atoms with Gasteiger partial charge in [0.15, 0.2) is 5.13 Å². The molecule has 106 valence electrons. The van der Waals surface area contributed by atoms with Crippen molar-refractivity contribution in [2.24, 2.45) is 5.92 Å². The molecule has 1 aliphatic carbocycles. The van der Waals surface area contributed by atoms with E-state index in [1.807, 2.05) is 11.3 Å². The Morgan fingerprint density at radius 2 is 2.16 bits per heavy atom. The zero-order valence-electron chi connectivity index (χ0n) is 12.3. The Bertz CT molecular complexity index is 437. The number of hydrogen-bond donors (Lipinski definition) is 1. The van der Waals surface area contributed by atoms with Gasteiger partial charge in [-0.2, -0.15) is 0 Å². The predicted octanol–water partition coefficient (Wildman–Crippen LogP) is 3.36. The molecule has 1 saturated carbocycles. The van der Waals surface area contributed by atoms with E-state index < -0.39 is 0 Å². The molecule has 2 fully saturated rings. The first-order chi connectivity index (χ1) is 9.13. The number of anilines is 1. The van der Waals surface area contributed by atoms with E-state index in [-0.39, 0.29) is 0 Å². The first-order valence-corrected chi connectivity index (χ1v) is 8.43. The topological polar surface area (TPSA) is 28.2 Å². The molecule has 1 N–H and O–H groups in total. The van der Waals surface area contributed by atoms with Crippen molar-refractivity contribution in [1.29, 1.82) is 0 Å². The molecule has 4 heteroatoms. The number of nitrogens with one attached hydrogen (secondary N) is 1. The van der Waals surface area contributed by atoms with Crippen molar-refractivity contribution < 1.29 is 0 Å². The number of nitrogens with zero attached hydrogens (tertiary/aromatic N) is 2. The smallest absolute Gasteiger partial charge is 0.185 e. The summed E-state index contributed by atoms with van der Waals surface area (Å²) in [5.74, 6) is 1.58. The molecule has 19 heavy (non-hydrogen) atoms. The lowest BCUT2D eigenvalue weighted by Crippen LogP contribution is -2.21. The second-order valence-corrected chi connectivity index (χ2v) is 7.52. The molecule has 0 bridgehead atoms. The second-order valence-electron chi connectivity index (χ2n) is 6.45. The molecule has 0 amide bonds. The predicted molar refractivity (Wildman–Crippen MR) is 82.1 cm³/mol. The van der Waals surface area contributed by atoms with Gasteiger partial charge in [-0.25, -0.2) is 4.98 Å². The van der Waals surface area contributed by atoms with Gasteiger partial charge in [-0.1, -0.05) is 20.8 Å². The summed E-state index contributed by atoms with van der Waals surface area (Å²) in [5.41, 5.74) is 1.40. The molecule has 0 aromatic carbocycles. The highest BCUT2D eigenvalue weighted by Crippen LogP contribution is 2.44. The van der Waals surface area contributed by atoms with Crippen LogP contribution in [0.3, 0.4) is 0 Å². The Kier molecular flexibility index (Phi) is 3.81. The van der Waals surface area contributed by atoms with E-state index in [0.29, 0.717) is 6.04 Å². The van der Waals surface area contributed by atoms with Crippen LogP contribution in [0.1, 0.15) is 56.5 Å². The fraction of sp³-hybridized carbons (Fsp3) is 0.800. The van der Waals surface area contributed by atoms with Crippen molar-refractivity contribution in [3.63, 3.8) is 0 Å². The standard InChI is InChI=1S/C15H25N3S/c1-10(2)16-8-13-14(12-4-5-12)17-15(19-13)18-7-6-11(3)9-18/h10-12,16H,4-9H2,1-3H3. The molecule has 3 rings (SSSR count). The van der Waals surface area contributed by atoms with Crippen molar-refractivity contribution in [1.82, 2.24) is 10.3 Å². The highest BCUT2D eigenvalue weighted by Gasteiger charge is 2.31. The minimum atomic E-state index is 0.546. The third-order valence-electron chi connectivity index (χ3n) is 4.05. The lowest BCUT2D eigenvalue weighted by molar-refractivity contribution is 0.590. The maximum atomic E-state index is 4.97. The molecular formula is C15H25N3S. The van der Waals surface area contributed by atoms with Gasteiger partial charge in [-0.05, 0) is 25.2 Å². The van der Waals surface area contributed by atoms with Crippen LogP contribution < -0.4 is 10.2 Å². The summed E-state index contributed by atoms with van der Waals surface area (Å²) in [6, 6.07) is 0.546. The zero-order valence-corrected chi connectivity index (χ0v) is 13.1. The van der Waals surface area contributed by atoms with Gasteiger partial charge in [0.2, 0.25) is 0 Å². The first-order valence-electron chi connectivity index (χ1n) is 7.61. The zero-order chi connectivity index (χ0) is 13.4. The molecule has 2 aliphatic rings. The minimum Gasteiger partial charge on any atom is -0.348 e. The van der Waals surface area contributed by atoms with Crippen LogP contribution in [0.15, 0.2) is 0 Å². The van der Waals surface area contributed by atoms with Crippen LogP contribution in [0.25, 0.3) is 0 Å². The van der Waals surface area contributed by atoms with Gasteiger partial charge in [0.05, 0.1) is 5.69 Å². The van der Waals surface area contributed by atoms with E-state index in [2.05, 4.69) is 31.0 Å². The third-order valence-corrected chi connectivity index (χ3v) is 5.18. The SMILES string of the molecule is CC1CCN(c2nc(C3CC3)c(CNC(C)C)s2)C1. The summed E-state index contributed by atoms with van der Waals surface area (Å²) in [6.07, 6.45) is 4.00. The monoisotopic (exact) mass is 279 g/mol. The fourth-order valence-electron chi connectivity index (χ4n) is 2.69. The number of aromatic nitrogens is 1. The van der Waals surface area contributed by atoms with Gasteiger partial charge in [0, 0.05) is 36.5 Å². The summed E-state index contributed by atoms with van der Waals surface area (Å²) >= 11 is 1.92. The first kappa shape index (κ1) is 13.4. The Balaban J connectivity index is 1.76. The van der Waals surface area contributed by atoms with E-state index >= 15 is 0 Å². The third kappa shape index (κ3) is 3.11. The van der Waals surface area contributed by atoms with Gasteiger partial charge in [-0.15, -0.1) is 11.3 Å². The van der Waals surface area contributed by atoms with E-state index in [1.165, 1.54) is 48.1 Å². The average molecular weight is 279 g/mol. The number of hydrogen-bond acceptors (Lipinski definition) is 4. The van der Waals surface area contributed by atoms with Gasteiger partial charge in [0.1, 0.15) is 0 Å². The Labute approximate surface area is 120 Å². The Morgan fingerprint density at radius 1 is 1.37 bits per heavy atom. The molecule has 1 unspecified atom stereocenters. The maximum Gasteiger partial charge on any atom is 0.185 e. The Morgan fingerprint density at radius 3 is 2.74 bits per heavy atom. The van der Waals surface area contributed by atoms with Crippen LogP contribution in [0, 0.1) is 5.92 Å². The molecule has 2 heterocycles. The van der Waals surface area contributed by atoms with Crippen LogP contribution in [-0.4, -0.2) is 24.1 Å². The molecule has 1 aromatic heterocycles. The van der Waals surface area contributed by atoms with Gasteiger partial charge < -0.3 is 10.2 Å². The van der Waals surface area contributed by atoms with E-state index in [9.17, 15) is 0 Å².